The van der Waals surface area contributed by atoms with Crippen molar-refractivity contribution in [3.05, 3.63) is 65.2 Å². The molecule has 28 heavy (non-hydrogen) atoms. The normalized spacial score (nSPS) is 16.3. The summed E-state index contributed by atoms with van der Waals surface area (Å²) >= 11 is 0. The molecule has 0 radical (unpaired) electrons. The van der Waals surface area contributed by atoms with Crippen molar-refractivity contribution < 1.29 is 13.2 Å². The summed E-state index contributed by atoms with van der Waals surface area (Å²) in [6, 6.07) is 15.7. The van der Waals surface area contributed by atoms with Crippen LogP contribution in [0.15, 0.2) is 48.5 Å². The van der Waals surface area contributed by atoms with E-state index < -0.39 is 10.0 Å². The van der Waals surface area contributed by atoms with Crippen molar-refractivity contribution >= 4 is 21.6 Å². The molecule has 0 unspecified atom stereocenters. The van der Waals surface area contributed by atoms with Crippen LogP contribution in [-0.4, -0.2) is 27.1 Å². The van der Waals surface area contributed by atoms with Crippen LogP contribution in [0, 0.1) is 6.92 Å². The van der Waals surface area contributed by atoms with Gasteiger partial charge in [-0.05, 0) is 55.4 Å². The van der Waals surface area contributed by atoms with Crippen molar-refractivity contribution in [1.29, 1.82) is 0 Å². The minimum atomic E-state index is -3.40. The lowest BCUT2D eigenvalue weighted by Gasteiger charge is -2.27. The summed E-state index contributed by atoms with van der Waals surface area (Å²) in [5.41, 5.74) is 4.09. The third-order valence-corrected chi connectivity index (χ3v) is 6.43. The van der Waals surface area contributed by atoms with E-state index >= 15 is 0 Å². The fraction of sp³-hybridized carbons (Fsp3) is 0.409. The Hall–Kier alpha value is -2.34. The minimum absolute atomic E-state index is 0.0278. The van der Waals surface area contributed by atoms with Gasteiger partial charge in [0.15, 0.2) is 0 Å². The van der Waals surface area contributed by atoms with Crippen LogP contribution in [-0.2, 0) is 21.2 Å². The predicted octanol–water partition coefficient (Wildman–Crippen LogP) is 3.74. The van der Waals surface area contributed by atoms with E-state index in [0.717, 1.165) is 24.8 Å². The fourth-order valence-corrected chi connectivity index (χ4v) is 4.88. The second-order valence-electron chi connectivity index (χ2n) is 7.44. The molecule has 6 heteroatoms. The Morgan fingerprint density at radius 1 is 1.14 bits per heavy atom. The molecule has 0 aliphatic heterocycles. The number of anilines is 1. The Bertz CT molecular complexity index is 940. The molecule has 5 nitrogen and oxygen atoms in total. The minimum Gasteiger partial charge on any atom is -0.349 e. The smallest absolute Gasteiger partial charge is 0.232 e. The zero-order valence-electron chi connectivity index (χ0n) is 16.5. The van der Waals surface area contributed by atoms with Gasteiger partial charge < -0.3 is 5.32 Å². The summed E-state index contributed by atoms with van der Waals surface area (Å²) in [4.78, 5) is 12.5. The van der Waals surface area contributed by atoms with Crippen molar-refractivity contribution in [2.75, 3.05) is 17.1 Å². The van der Waals surface area contributed by atoms with Crippen molar-refractivity contribution in [2.24, 2.45) is 0 Å². The molecule has 0 saturated heterocycles. The maximum Gasteiger partial charge on any atom is 0.232 e. The first-order valence-corrected chi connectivity index (χ1v) is 11.6. The van der Waals surface area contributed by atoms with E-state index in [-0.39, 0.29) is 11.9 Å². The zero-order valence-corrected chi connectivity index (χ0v) is 17.3. The van der Waals surface area contributed by atoms with E-state index in [1.807, 2.05) is 37.3 Å². The molecule has 0 heterocycles. The lowest BCUT2D eigenvalue weighted by atomic mass is 9.87. The van der Waals surface area contributed by atoms with Crippen molar-refractivity contribution in [3.63, 3.8) is 0 Å². The SMILES string of the molecule is Cc1ccccc1N(CCCC(=O)N[C@@H]1CCCc2ccccc21)S(C)(=O)=O. The molecule has 2 aromatic rings. The average Bonchev–Trinajstić information content (AvgIpc) is 2.65. The highest BCUT2D eigenvalue weighted by molar-refractivity contribution is 7.92. The van der Waals surface area contributed by atoms with Crippen LogP contribution in [0.25, 0.3) is 0 Å². The molecular formula is C22H28N2O3S. The molecule has 1 aliphatic rings. The highest BCUT2D eigenvalue weighted by atomic mass is 32.2. The molecular weight excluding hydrogens is 372 g/mol. The van der Waals surface area contributed by atoms with Crippen LogP contribution >= 0.6 is 0 Å². The summed E-state index contributed by atoms with van der Waals surface area (Å²) in [5.74, 6) is -0.0278. The monoisotopic (exact) mass is 400 g/mol. The number of carbonyl (C=O) groups is 1. The first-order chi connectivity index (χ1) is 13.4. The van der Waals surface area contributed by atoms with Gasteiger partial charge >= 0.3 is 0 Å². The Kier molecular flexibility index (Phi) is 6.39. The van der Waals surface area contributed by atoms with E-state index in [1.165, 1.54) is 21.7 Å². The summed E-state index contributed by atoms with van der Waals surface area (Å²) in [6.45, 7) is 2.18. The number of benzene rings is 2. The molecule has 1 aliphatic carbocycles. The first kappa shape index (κ1) is 20.4. The molecule has 3 rings (SSSR count). The number of amides is 1. The standard InChI is InChI=1S/C22H28N2O3S/c1-17-9-3-6-14-21(17)24(28(2,26)27)16-8-15-22(25)23-20-13-7-11-18-10-4-5-12-19(18)20/h3-6,9-10,12,14,20H,7-8,11,13,15-16H2,1-2H3,(H,23,25)/t20-/m1/s1. The third-order valence-electron chi connectivity index (χ3n) is 5.25. The molecule has 150 valence electrons. The summed E-state index contributed by atoms with van der Waals surface area (Å²) in [6.07, 6.45) is 5.05. The van der Waals surface area contributed by atoms with Gasteiger partial charge in [-0.2, -0.15) is 0 Å². The molecule has 1 amide bonds. The molecule has 1 N–H and O–H groups in total. The molecule has 2 aromatic carbocycles. The average molecular weight is 401 g/mol. The molecule has 0 fully saturated rings. The van der Waals surface area contributed by atoms with Crippen LogP contribution in [0.4, 0.5) is 5.69 Å². The number of para-hydroxylation sites is 1. The van der Waals surface area contributed by atoms with Gasteiger partial charge in [0.25, 0.3) is 0 Å². The number of fused-ring (bicyclic) bond motifs is 1. The van der Waals surface area contributed by atoms with Gasteiger partial charge in [0.05, 0.1) is 18.0 Å². The Morgan fingerprint density at radius 2 is 1.86 bits per heavy atom. The maximum atomic E-state index is 12.5. The van der Waals surface area contributed by atoms with Crippen molar-refractivity contribution in [2.45, 2.75) is 45.1 Å². The number of aryl methyl sites for hydroxylation is 2. The van der Waals surface area contributed by atoms with Crippen LogP contribution in [0.5, 0.6) is 0 Å². The van der Waals surface area contributed by atoms with Crippen LogP contribution < -0.4 is 9.62 Å². The zero-order chi connectivity index (χ0) is 20.1. The second-order valence-corrected chi connectivity index (χ2v) is 9.34. The molecule has 0 saturated carbocycles. The van der Waals surface area contributed by atoms with Gasteiger partial charge in [-0.1, -0.05) is 42.5 Å². The van der Waals surface area contributed by atoms with E-state index in [1.54, 1.807) is 6.07 Å². The molecule has 1 atom stereocenters. The van der Waals surface area contributed by atoms with E-state index in [4.69, 9.17) is 0 Å². The summed E-state index contributed by atoms with van der Waals surface area (Å²) < 4.78 is 25.9. The van der Waals surface area contributed by atoms with Crippen LogP contribution in [0.3, 0.4) is 0 Å². The lowest BCUT2D eigenvalue weighted by Crippen LogP contribution is -2.34. The van der Waals surface area contributed by atoms with Gasteiger partial charge in [0.1, 0.15) is 0 Å². The summed E-state index contributed by atoms with van der Waals surface area (Å²) in [7, 11) is -3.40. The topological polar surface area (TPSA) is 66.5 Å². The first-order valence-electron chi connectivity index (χ1n) is 9.77. The lowest BCUT2D eigenvalue weighted by molar-refractivity contribution is -0.122. The largest absolute Gasteiger partial charge is 0.349 e. The number of carbonyl (C=O) groups excluding carboxylic acids is 1. The molecule has 0 bridgehead atoms. The van der Waals surface area contributed by atoms with E-state index in [2.05, 4.69) is 17.4 Å². The van der Waals surface area contributed by atoms with E-state index in [9.17, 15) is 13.2 Å². The number of nitrogens with one attached hydrogen (secondary N) is 1. The van der Waals surface area contributed by atoms with Crippen molar-refractivity contribution in [3.8, 4) is 0 Å². The van der Waals surface area contributed by atoms with Gasteiger partial charge in [-0.25, -0.2) is 8.42 Å². The number of sulfonamides is 1. The van der Waals surface area contributed by atoms with E-state index in [0.29, 0.717) is 25.1 Å². The second kappa shape index (κ2) is 8.78. The third kappa shape index (κ3) is 4.93. The highest BCUT2D eigenvalue weighted by Gasteiger charge is 2.22. The Labute approximate surface area is 167 Å². The van der Waals surface area contributed by atoms with Crippen molar-refractivity contribution in [1.82, 2.24) is 5.32 Å². The number of nitrogens with zero attached hydrogens (tertiary/aromatic N) is 1. The quantitative estimate of drug-likeness (QED) is 0.770. The molecule has 0 spiro atoms. The van der Waals surface area contributed by atoms with Gasteiger partial charge in [0.2, 0.25) is 15.9 Å². The fourth-order valence-electron chi connectivity index (χ4n) is 3.86. The van der Waals surface area contributed by atoms with Gasteiger partial charge in [0, 0.05) is 13.0 Å². The number of rotatable bonds is 7. The summed E-state index contributed by atoms with van der Waals surface area (Å²) in [5, 5.41) is 3.13. The Morgan fingerprint density at radius 3 is 2.61 bits per heavy atom. The highest BCUT2D eigenvalue weighted by Crippen LogP contribution is 2.29. The number of hydrogen-bond acceptors (Lipinski definition) is 3. The predicted molar refractivity (Wildman–Crippen MR) is 113 cm³/mol. The number of hydrogen-bond donors (Lipinski definition) is 1. The van der Waals surface area contributed by atoms with Gasteiger partial charge in [-0.3, -0.25) is 9.10 Å². The van der Waals surface area contributed by atoms with Crippen LogP contribution in [0.2, 0.25) is 0 Å². The van der Waals surface area contributed by atoms with Gasteiger partial charge in [-0.15, -0.1) is 0 Å². The van der Waals surface area contributed by atoms with Crippen LogP contribution in [0.1, 0.15) is 48.4 Å². The molecule has 0 aromatic heterocycles. The Balaban J connectivity index is 1.59. The maximum absolute atomic E-state index is 12.5.